The average Bonchev–Trinajstić information content (AvgIpc) is 2.41. The maximum Gasteiger partial charge on any atom is 0.137 e. The quantitative estimate of drug-likeness (QED) is 0.755. The largest absolute Gasteiger partial charge is 0.299 e. The minimum atomic E-state index is 0.177. The molecule has 0 amide bonds. The van der Waals surface area contributed by atoms with Gasteiger partial charge in [0.15, 0.2) is 0 Å². The van der Waals surface area contributed by atoms with Crippen LogP contribution >= 0.6 is 23.2 Å². The SMILES string of the molecule is Cc1cccc(CCC(=O)Cc2cc(Cl)ccc2Cl)c1. The Labute approximate surface area is 129 Å². The fourth-order valence-corrected chi connectivity index (χ4v) is 2.51. The highest BCUT2D eigenvalue weighted by molar-refractivity contribution is 6.33. The van der Waals surface area contributed by atoms with Gasteiger partial charge in [-0.15, -0.1) is 0 Å². The van der Waals surface area contributed by atoms with Crippen LogP contribution in [-0.4, -0.2) is 5.78 Å². The summed E-state index contributed by atoms with van der Waals surface area (Å²) < 4.78 is 0. The maximum atomic E-state index is 12.0. The monoisotopic (exact) mass is 306 g/mol. The summed E-state index contributed by atoms with van der Waals surface area (Å²) >= 11 is 12.0. The first-order valence-electron chi connectivity index (χ1n) is 6.56. The van der Waals surface area contributed by atoms with Crippen LogP contribution in [0.2, 0.25) is 10.0 Å². The number of Topliss-reactive ketones (excluding diaryl/α,β-unsaturated/α-hetero) is 1. The highest BCUT2D eigenvalue weighted by Crippen LogP contribution is 2.21. The highest BCUT2D eigenvalue weighted by atomic mass is 35.5. The summed E-state index contributed by atoms with van der Waals surface area (Å²) in [6.07, 6.45) is 1.62. The van der Waals surface area contributed by atoms with Gasteiger partial charge in [0.2, 0.25) is 0 Å². The Morgan fingerprint density at radius 3 is 2.65 bits per heavy atom. The average molecular weight is 307 g/mol. The Balaban J connectivity index is 1.94. The number of rotatable bonds is 5. The van der Waals surface area contributed by atoms with E-state index in [1.165, 1.54) is 11.1 Å². The summed E-state index contributed by atoms with van der Waals surface area (Å²) in [4.78, 5) is 12.0. The number of benzene rings is 2. The molecule has 0 aliphatic rings. The molecular formula is C17H16Cl2O. The predicted octanol–water partition coefficient (Wildman–Crippen LogP) is 5.05. The van der Waals surface area contributed by atoms with Crippen LogP contribution in [0.25, 0.3) is 0 Å². The number of halogens is 2. The molecule has 20 heavy (non-hydrogen) atoms. The van der Waals surface area contributed by atoms with E-state index in [4.69, 9.17) is 23.2 Å². The molecule has 0 saturated carbocycles. The summed E-state index contributed by atoms with van der Waals surface area (Å²) in [6.45, 7) is 2.05. The standard InChI is InChI=1S/C17H16Cl2O/c1-12-3-2-4-13(9-12)5-7-16(20)11-14-10-15(18)6-8-17(14)19/h2-4,6,8-10H,5,7,11H2,1H3. The molecule has 0 saturated heterocycles. The van der Waals surface area contributed by atoms with Crippen LogP contribution in [0, 0.1) is 6.92 Å². The molecule has 0 spiro atoms. The first-order chi connectivity index (χ1) is 9.54. The molecule has 0 N–H and O–H groups in total. The van der Waals surface area contributed by atoms with E-state index < -0.39 is 0 Å². The second kappa shape index (κ2) is 6.92. The number of ketones is 1. The topological polar surface area (TPSA) is 17.1 Å². The van der Waals surface area contributed by atoms with Gasteiger partial charge in [0.25, 0.3) is 0 Å². The molecule has 3 heteroatoms. The van der Waals surface area contributed by atoms with E-state index in [2.05, 4.69) is 19.1 Å². The molecule has 0 unspecified atom stereocenters. The van der Waals surface area contributed by atoms with Gasteiger partial charge >= 0.3 is 0 Å². The Hall–Kier alpha value is -1.31. The van der Waals surface area contributed by atoms with Crippen molar-refractivity contribution in [3.8, 4) is 0 Å². The zero-order chi connectivity index (χ0) is 14.5. The van der Waals surface area contributed by atoms with Gasteiger partial charge in [-0.25, -0.2) is 0 Å². The van der Waals surface area contributed by atoms with Crippen molar-refractivity contribution in [2.24, 2.45) is 0 Å². The Morgan fingerprint density at radius 1 is 1.10 bits per heavy atom. The molecule has 0 aliphatic heterocycles. The molecule has 0 aliphatic carbocycles. The predicted molar refractivity (Wildman–Crippen MR) is 84.7 cm³/mol. The molecule has 0 atom stereocenters. The Bertz CT molecular complexity index is 620. The van der Waals surface area contributed by atoms with Gasteiger partial charge < -0.3 is 0 Å². The summed E-state index contributed by atoms with van der Waals surface area (Å²) in [6, 6.07) is 13.4. The fraction of sp³-hybridized carbons (Fsp3) is 0.235. The molecule has 0 heterocycles. The van der Waals surface area contributed by atoms with Gasteiger partial charge in [0.1, 0.15) is 5.78 Å². The van der Waals surface area contributed by atoms with Crippen molar-refractivity contribution in [2.75, 3.05) is 0 Å². The molecule has 2 aromatic carbocycles. The third kappa shape index (κ3) is 4.36. The van der Waals surface area contributed by atoms with E-state index >= 15 is 0 Å². The lowest BCUT2D eigenvalue weighted by Gasteiger charge is -2.05. The van der Waals surface area contributed by atoms with Crippen molar-refractivity contribution in [3.05, 3.63) is 69.2 Å². The van der Waals surface area contributed by atoms with Gasteiger partial charge in [0, 0.05) is 22.9 Å². The van der Waals surface area contributed by atoms with E-state index in [9.17, 15) is 4.79 Å². The third-order valence-electron chi connectivity index (χ3n) is 3.17. The van der Waals surface area contributed by atoms with E-state index in [0.717, 1.165) is 12.0 Å². The zero-order valence-electron chi connectivity index (χ0n) is 11.3. The van der Waals surface area contributed by atoms with Crippen molar-refractivity contribution in [1.29, 1.82) is 0 Å². The van der Waals surface area contributed by atoms with Crippen molar-refractivity contribution >= 4 is 29.0 Å². The van der Waals surface area contributed by atoms with Crippen molar-refractivity contribution < 1.29 is 4.79 Å². The summed E-state index contributed by atoms with van der Waals surface area (Å²) in [5.41, 5.74) is 3.21. The molecule has 2 rings (SSSR count). The second-order valence-electron chi connectivity index (χ2n) is 4.94. The Morgan fingerprint density at radius 2 is 1.90 bits per heavy atom. The maximum absolute atomic E-state index is 12.0. The number of carbonyl (C=O) groups is 1. The van der Waals surface area contributed by atoms with Gasteiger partial charge in [-0.1, -0.05) is 53.0 Å². The van der Waals surface area contributed by atoms with Crippen molar-refractivity contribution in [2.45, 2.75) is 26.2 Å². The fourth-order valence-electron chi connectivity index (χ4n) is 2.13. The van der Waals surface area contributed by atoms with Crippen molar-refractivity contribution in [3.63, 3.8) is 0 Å². The van der Waals surface area contributed by atoms with Crippen LogP contribution in [0.5, 0.6) is 0 Å². The van der Waals surface area contributed by atoms with Gasteiger partial charge in [-0.05, 0) is 42.7 Å². The van der Waals surface area contributed by atoms with Crippen LogP contribution in [0.15, 0.2) is 42.5 Å². The minimum Gasteiger partial charge on any atom is -0.299 e. The van der Waals surface area contributed by atoms with Gasteiger partial charge in [-0.3, -0.25) is 4.79 Å². The molecule has 1 nitrogen and oxygen atoms in total. The molecule has 0 radical (unpaired) electrons. The number of aryl methyl sites for hydroxylation is 2. The number of carbonyl (C=O) groups excluding carboxylic acids is 1. The van der Waals surface area contributed by atoms with Crippen molar-refractivity contribution in [1.82, 2.24) is 0 Å². The van der Waals surface area contributed by atoms with E-state index in [1.54, 1.807) is 18.2 Å². The molecule has 0 aromatic heterocycles. The minimum absolute atomic E-state index is 0.177. The third-order valence-corrected chi connectivity index (χ3v) is 3.77. The first-order valence-corrected chi connectivity index (χ1v) is 7.31. The Kier molecular flexibility index (Phi) is 5.22. The molecule has 0 bridgehead atoms. The van der Waals surface area contributed by atoms with Crippen LogP contribution < -0.4 is 0 Å². The first kappa shape index (κ1) is 15.1. The number of hydrogen-bond donors (Lipinski definition) is 0. The van der Waals surface area contributed by atoms with E-state index in [1.807, 2.05) is 12.1 Å². The molecule has 2 aromatic rings. The highest BCUT2D eigenvalue weighted by Gasteiger charge is 2.08. The zero-order valence-corrected chi connectivity index (χ0v) is 12.8. The summed E-state index contributed by atoms with van der Waals surface area (Å²) in [5.74, 6) is 0.177. The number of hydrogen-bond acceptors (Lipinski definition) is 1. The van der Waals surface area contributed by atoms with Crippen LogP contribution in [0.1, 0.15) is 23.1 Å². The lowest BCUT2D eigenvalue weighted by molar-refractivity contribution is -0.118. The van der Waals surface area contributed by atoms with Crippen LogP contribution in [-0.2, 0) is 17.6 Å². The summed E-state index contributed by atoms with van der Waals surface area (Å²) in [7, 11) is 0. The smallest absolute Gasteiger partial charge is 0.137 e. The lowest BCUT2D eigenvalue weighted by Crippen LogP contribution is -2.05. The van der Waals surface area contributed by atoms with Crippen LogP contribution in [0.3, 0.4) is 0 Å². The molecule has 0 fully saturated rings. The molecular weight excluding hydrogens is 291 g/mol. The normalized spacial score (nSPS) is 10.6. The second-order valence-corrected chi connectivity index (χ2v) is 5.78. The van der Waals surface area contributed by atoms with E-state index in [0.29, 0.717) is 22.9 Å². The summed E-state index contributed by atoms with van der Waals surface area (Å²) in [5, 5.41) is 1.20. The lowest BCUT2D eigenvalue weighted by atomic mass is 10.0. The van der Waals surface area contributed by atoms with Crippen LogP contribution in [0.4, 0.5) is 0 Å². The van der Waals surface area contributed by atoms with E-state index in [-0.39, 0.29) is 5.78 Å². The van der Waals surface area contributed by atoms with Gasteiger partial charge in [-0.2, -0.15) is 0 Å². The molecule has 104 valence electrons. The van der Waals surface area contributed by atoms with Gasteiger partial charge in [0.05, 0.1) is 0 Å².